The Morgan fingerprint density at radius 3 is 2.72 bits per heavy atom. The molecule has 4 heteroatoms. The zero-order chi connectivity index (χ0) is 13.1. The van der Waals surface area contributed by atoms with E-state index in [-0.39, 0.29) is 5.25 Å². The van der Waals surface area contributed by atoms with Crippen LogP contribution in [-0.4, -0.2) is 28.3 Å². The lowest BCUT2D eigenvalue weighted by Crippen LogP contribution is -2.43. The fraction of sp³-hybridized carbons (Fsp3) is 0.571. The van der Waals surface area contributed by atoms with Crippen molar-refractivity contribution in [3.63, 3.8) is 0 Å². The third-order valence-electron chi connectivity index (χ3n) is 3.74. The Morgan fingerprint density at radius 1 is 1.44 bits per heavy atom. The van der Waals surface area contributed by atoms with Gasteiger partial charge in [0.15, 0.2) is 0 Å². The third kappa shape index (κ3) is 3.34. The van der Waals surface area contributed by atoms with Crippen LogP contribution in [0.1, 0.15) is 31.2 Å². The van der Waals surface area contributed by atoms with Gasteiger partial charge in [0.2, 0.25) is 0 Å². The molecule has 1 aromatic carbocycles. The van der Waals surface area contributed by atoms with Gasteiger partial charge in [-0.1, -0.05) is 29.8 Å². The Labute approximate surface area is 117 Å². The second kappa shape index (κ2) is 6.18. The Hall–Kier alpha value is -0.380. The molecule has 1 saturated carbocycles. The van der Waals surface area contributed by atoms with Gasteiger partial charge in [-0.25, -0.2) is 0 Å². The lowest BCUT2D eigenvalue weighted by atomic mass is 9.76. The maximum Gasteiger partial charge on any atom is 0.0441 e. The SMILES string of the molecule is CC(CNC1CC(c2ccccc2Cl)C1)S(C)=O. The van der Waals surface area contributed by atoms with Gasteiger partial charge in [0.25, 0.3) is 0 Å². The fourth-order valence-electron chi connectivity index (χ4n) is 2.29. The number of rotatable bonds is 5. The van der Waals surface area contributed by atoms with Crippen LogP contribution >= 0.6 is 11.6 Å². The predicted molar refractivity (Wildman–Crippen MR) is 78.7 cm³/mol. The van der Waals surface area contributed by atoms with Crippen LogP contribution in [0.25, 0.3) is 0 Å². The van der Waals surface area contributed by atoms with Gasteiger partial charge in [-0.3, -0.25) is 4.21 Å². The zero-order valence-corrected chi connectivity index (χ0v) is 12.4. The van der Waals surface area contributed by atoms with E-state index in [2.05, 4.69) is 11.4 Å². The molecule has 1 aliphatic rings. The van der Waals surface area contributed by atoms with Crippen molar-refractivity contribution in [3.8, 4) is 0 Å². The Bertz CT molecular complexity index is 432. The molecule has 0 spiro atoms. The van der Waals surface area contributed by atoms with E-state index in [1.54, 1.807) is 6.26 Å². The van der Waals surface area contributed by atoms with Crippen LogP contribution in [0.4, 0.5) is 0 Å². The largest absolute Gasteiger partial charge is 0.313 e. The molecule has 1 aromatic rings. The van der Waals surface area contributed by atoms with E-state index in [1.165, 1.54) is 5.56 Å². The highest BCUT2D eigenvalue weighted by Crippen LogP contribution is 2.39. The van der Waals surface area contributed by atoms with Crippen molar-refractivity contribution in [1.29, 1.82) is 0 Å². The molecule has 1 fully saturated rings. The summed E-state index contributed by atoms with van der Waals surface area (Å²) < 4.78 is 11.2. The standard InChI is InChI=1S/C14H20ClNOS/c1-10(18(2)17)9-16-12-7-11(8-12)13-5-3-4-6-14(13)15/h3-6,10-12,16H,7-9H2,1-2H3. The first kappa shape index (κ1) is 14.0. The van der Waals surface area contributed by atoms with E-state index < -0.39 is 10.8 Å². The van der Waals surface area contributed by atoms with Crippen molar-refractivity contribution in [2.45, 2.75) is 37.0 Å². The van der Waals surface area contributed by atoms with Gasteiger partial charge in [0.05, 0.1) is 0 Å². The number of hydrogen-bond donors (Lipinski definition) is 1. The molecule has 2 unspecified atom stereocenters. The molecule has 1 N–H and O–H groups in total. The molecule has 2 rings (SSSR count). The average molecular weight is 286 g/mol. The van der Waals surface area contributed by atoms with Crippen LogP contribution in [0.2, 0.25) is 5.02 Å². The molecule has 1 aliphatic carbocycles. The molecule has 0 radical (unpaired) electrons. The second-order valence-corrected chi connectivity index (χ2v) is 7.31. The minimum absolute atomic E-state index is 0.226. The summed E-state index contributed by atoms with van der Waals surface area (Å²) in [5.41, 5.74) is 1.27. The quantitative estimate of drug-likeness (QED) is 0.901. The van der Waals surface area contributed by atoms with E-state index in [0.29, 0.717) is 12.0 Å². The van der Waals surface area contributed by atoms with Crippen LogP contribution in [0, 0.1) is 0 Å². The Kier molecular flexibility index (Phi) is 4.82. The molecule has 0 bridgehead atoms. The van der Waals surface area contributed by atoms with Gasteiger partial charge >= 0.3 is 0 Å². The van der Waals surface area contributed by atoms with Gasteiger partial charge in [-0.15, -0.1) is 0 Å². The summed E-state index contributed by atoms with van der Waals surface area (Å²) in [7, 11) is -0.737. The van der Waals surface area contributed by atoms with Crippen LogP contribution in [0.3, 0.4) is 0 Å². The highest BCUT2D eigenvalue weighted by Gasteiger charge is 2.31. The van der Waals surface area contributed by atoms with E-state index in [9.17, 15) is 4.21 Å². The summed E-state index contributed by atoms with van der Waals surface area (Å²) in [6.07, 6.45) is 4.03. The lowest BCUT2D eigenvalue weighted by molar-refractivity contribution is 0.292. The summed E-state index contributed by atoms with van der Waals surface area (Å²) >= 11 is 6.19. The smallest absolute Gasteiger partial charge is 0.0441 e. The lowest BCUT2D eigenvalue weighted by Gasteiger charge is -2.37. The number of benzene rings is 1. The van der Waals surface area contributed by atoms with Crippen LogP contribution < -0.4 is 5.32 Å². The first-order valence-corrected chi connectivity index (χ1v) is 8.38. The van der Waals surface area contributed by atoms with Gasteiger partial charge in [-0.2, -0.15) is 0 Å². The highest BCUT2D eigenvalue weighted by atomic mass is 35.5. The van der Waals surface area contributed by atoms with Crippen molar-refractivity contribution >= 4 is 22.4 Å². The molecule has 100 valence electrons. The first-order valence-electron chi connectivity index (χ1n) is 6.38. The van der Waals surface area contributed by atoms with Crippen molar-refractivity contribution in [2.24, 2.45) is 0 Å². The second-order valence-electron chi connectivity index (χ2n) is 5.10. The molecule has 2 atom stereocenters. The number of hydrogen-bond acceptors (Lipinski definition) is 2. The summed E-state index contributed by atoms with van der Waals surface area (Å²) in [4.78, 5) is 0. The summed E-state index contributed by atoms with van der Waals surface area (Å²) in [5, 5.41) is 4.59. The van der Waals surface area contributed by atoms with Gasteiger partial charge in [0, 0.05) is 39.9 Å². The van der Waals surface area contributed by atoms with Crippen molar-refractivity contribution < 1.29 is 4.21 Å². The average Bonchev–Trinajstić information content (AvgIpc) is 2.28. The number of halogens is 1. The minimum atomic E-state index is -0.737. The minimum Gasteiger partial charge on any atom is -0.313 e. The molecule has 2 nitrogen and oxygen atoms in total. The maximum atomic E-state index is 11.2. The summed E-state index contributed by atoms with van der Waals surface area (Å²) in [5.74, 6) is 0.582. The normalized spacial score (nSPS) is 26.4. The fourth-order valence-corrected chi connectivity index (χ4v) is 2.92. The van der Waals surface area contributed by atoms with E-state index in [4.69, 9.17) is 11.6 Å². The Balaban J connectivity index is 1.78. The summed E-state index contributed by atoms with van der Waals surface area (Å²) in [6, 6.07) is 8.65. The number of nitrogens with one attached hydrogen (secondary N) is 1. The van der Waals surface area contributed by atoms with E-state index in [1.807, 2.05) is 25.1 Å². The highest BCUT2D eigenvalue weighted by molar-refractivity contribution is 7.84. The molecule has 0 heterocycles. The van der Waals surface area contributed by atoms with Crippen LogP contribution in [0.5, 0.6) is 0 Å². The van der Waals surface area contributed by atoms with E-state index in [0.717, 1.165) is 24.4 Å². The molecule has 0 amide bonds. The van der Waals surface area contributed by atoms with Gasteiger partial charge < -0.3 is 5.32 Å². The zero-order valence-electron chi connectivity index (χ0n) is 10.9. The first-order chi connectivity index (χ1) is 8.58. The predicted octanol–water partition coefficient (Wildman–Crippen LogP) is 2.94. The van der Waals surface area contributed by atoms with Gasteiger partial charge in [-0.05, 0) is 37.3 Å². The van der Waals surface area contributed by atoms with Crippen molar-refractivity contribution in [1.82, 2.24) is 5.32 Å². The monoisotopic (exact) mass is 285 g/mol. The molecule has 0 saturated heterocycles. The van der Waals surface area contributed by atoms with Crippen LogP contribution in [0.15, 0.2) is 24.3 Å². The van der Waals surface area contributed by atoms with Crippen LogP contribution in [-0.2, 0) is 10.8 Å². The topological polar surface area (TPSA) is 29.1 Å². The summed E-state index contributed by atoms with van der Waals surface area (Å²) in [6.45, 7) is 2.86. The molecule has 18 heavy (non-hydrogen) atoms. The molecule has 0 aliphatic heterocycles. The van der Waals surface area contributed by atoms with Crippen molar-refractivity contribution in [3.05, 3.63) is 34.9 Å². The van der Waals surface area contributed by atoms with Crippen molar-refractivity contribution in [2.75, 3.05) is 12.8 Å². The maximum absolute atomic E-state index is 11.2. The molecular formula is C14H20ClNOS. The Morgan fingerprint density at radius 2 is 2.11 bits per heavy atom. The molecule has 0 aromatic heterocycles. The third-order valence-corrected chi connectivity index (χ3v) is 5.39. The van der Waals surface area contributed by atoms with E-state index >= 15 is 0 Å². The molecular weight excluding hydrogens is 266 g/mol. The van der Waals surface area contributed by atoms with Gasteiger partial charge in [0.1, 0.15) is 0 Å².